The molecule has 0 unspecified atom stereocenters. The van der Waals surface area contributed by atoms with Crippen molar-refractivity contribution < 1.29 is 18.7 Å². The van der Waals surface area contributed by atoms with Gasteiger partial charge < -0.3 is 14.8 Å². The van der Waals surface area contributed by atoms with Crippen LogP contribution in [-0.2, 0) is 11.3 Å². The van der Waals surface area contributed by atoms with Gasteiger partial charge in [0.1, 0.15) is 11.6 Å². The predicted molar refractivity (Wildman–Crippen MR) is 103 cm³/mol. The number of esters is 1. The molecule has 0 aliphatic rings. The quantitative estimate of drug-likeness (QED) is 0.433. The number of nitrogens with one attached hydrogen (secondary N) is 1. The fourth-order valence-electron chi connectivity index (χ4n) is 2.24. The van der Waals surface area contributed by atoms with Crippen LogP contribution in [0.3, 0.4) is 0 Å². The molecule has 0 aliphatic heterocycles. The summed E-state index contributed by atoms with van der Waals surface area (Å²) in [6, 6.07) is 15.7. The van der Waals surface area contributed by atoms with Crippen molar-refractivity contribution in [2.24, 2.45) is 0 Å². The van der Waals surface area contributed by atoms with Crippen LogP contribution < -0.4 is 10.1 Å². The van der Waals surface area contributed by atoms with Gasteiger partial charge in [0.25, 0.3) is 0 Å². The lowest BCUT2D eigenvalue weighted by Crippen LogP contribution is -2.10. The largest absolute Gasteiger partial charge is 0.493 e. The topological polar surface area (TPSA) is 60.5 Å². The molecule has 140 valence electrons. The molecule has 0 atom stereocenters. The van der Waals surface area contributed by atoms with E-state index in [9.17, 15) is 9.18 Å². The lowest BCUT2D eigenvalue weighted by atomic mass is 10.2. The van der Waals surface area contributed by atoms with E-state index in [-0.39, 0.29) is 18.1 Å². The second kappa shape index (κ2) is 9.68. The van der Waals surface area contributed by atoms with Crippen LogP contribution in [0.15, 0.2) is 60.0 Å². The Morgan fingerprint density at radius 1 is 1.07 bits per heavy atom. The smallest absolute Gasteiger partial charge is 0.357 e. The third-order valence-electron chi connectivity index (χ3n) is 3.60. The molecule has 0 saturated carbocycles. The summed E-state index contributed by atoms with van der Waals surface area (Å²) in [4.78, 5) is 16.3. The van der Waals surface area contributed by atoms with Gasteiger partial charge in [-0.2, -0.15) is 0 Å². The van der Waals surface area contributed by atoms with Crippen LogP contribution in [0.2, 0.25) is 0 Å². The molecule has 1 heterocycles. The maximum Gasteiger partial charge on any atom is 0.357 e. The molecule has 0 fully saturated rings. The summed E-state index contributed by atoms with van der Waals surface area (Å²) in [6.07, 6.45) is 0.534. The molecule has 1 N–H and O–H groups in total. The third kappa shape index (κ3) is 6.07. The third-order valence-corrected chi connectivity index (χ3v) is 4.40. The number of aromatic nitrogens is 1. The maximum absolute atomic E-state index is 12.8. The second-order valence-electron chi connectivity index (χ2n) is 5.67. The zero-order chi connectivity index (χ0) is 18.9. The zero-order valence-corrected chi connectivity index (χ0v) is 15.4. The highest BCUT2D eigenvalue weighted by Crippen LogP contribution is 2.17. The predicted octanol–water partition coefficient (Wildman–Crippen LogP) is 4.52. The number of thiazole rings is 1. The summed E-state index contributed by atoms with van der Waals surface area (Å²) in [5.74, 6) is -0.186. The number of anilines is 1. The standard InChI is InChI=1S/C20H19FN2O3S/c21-16-7-9-17(10-8-16)25-11-4-12-26-19(24)18-14-27-20(23-18)22-13-15-5-2-1-3-6-15/h1-3,5-10,14H,4,11-13H2,(H,22,23). The molecule has 0 amide bonds. The van der Waals surface area contributed by atoms with E-state index >= 15 is 0 Å². The van der Waals surface area contributed by atoms with Gasteiger partial charge >= 0.3 is 5.97 Å². The molecule has 0 saturated heterocycles. The van der Waals surface area contributed by atoms with E-state index in [0.29, 0.717) is 30.5 Å². The number of hydrogen-bond donors (Lipinski definition) is 1. The number of carbonyl (C=O) groups excluding carboxylic acids is 1. The highest BCUT2D eigenvalue weighted by molar-refractivity contribution is 7.13. The molecule has 3 rings (SSSR count). The highest BCUT2D eigenvalue weighted by atomic mass is 32.1. The number of ether oxygens (including phenoxy) is 2. The van der Waals surface area contributed by atoms with E-state index in [1.165, 1.54) is 23.5 Å². The number of nitrogens with zero attached hydrogens (tertiary/aromatic N) is 1. The normalized spacial score (nSPS) is 10.4. The Bertz CT molecular complexity index is 853. The molecule has 0 radical (unpaired) electrons. The summed E-state index contributed by atoms with van der Waals surface area (Å²) in [5.41, 5.74) is 1.42. The Morgan fingerprint density at radius 2 is 1.85 bits per heavy atom. The van der Waals surface area contributed by atoms with Crippen LogP contribution >= 0.6 is 11.3 Å². The van der Waals surface area contributed by atoms with Crippen LogP contribution in [0.1, 0.15) is 22.5 Å². The van der Waals surface area contributed by atoms with E-state index in [1.54, 1.807) is 17.5 Å². The molecule has 1 aromatic heterocycles. The van der Waals surface area contributed by atoms with Gasteiger partial charge in [0.15, 0.2) is 10.8 Å². The molecule has 0 aliphatic carbocycles. The van der Waals surface area contributed by atoms with Crippen molar-refractivity contribution in [2.45, 2.75) is 13.0 Å². The molecule has 2 aromatic carbocycles. The lowest BCUT2D eigenvalue weighted by molar-refractivity contribution is 0.0480. The van der Waals surface area contributed by atoms with Crippen LogP contribution in [-0.4, -0.2) is 24.2 Å². The van der Waals surface area contributed by atoms with Crippen LogP contribution in [0, 0.1) is 5.82 Å². The van der Waals surface area contributed by atoms with E-state index in [0.717, 1.165) is 5.56 Å². The number of halogens is 1. The minimum Gasteiger partial charge on any atom is -0.493 e. The second-order valence-corrected chi connectivity index (χ2v) is 6.53. The van der Waals surface area contributed by atoms with Gasteiger partial charge in [-0.25, -0.2) is 14.2 Å². The Morgan fingerprint density at radius 3 is 2.63 bits per heavy atom. The van der Waals surface area contributed by atoms with Crippen molar-refractivity contribution in [2.75, 3.05) is 18.5 Å². The molecule has 3 aromatic rings. The maximum atomic E-state index is 12.8. The number of hydrogen-bond acceptors (Lipinski definition) is 6. The first-order chi connectivity index (χ1) is 13.2. The average molecular weight is 386 g/mol. The van der Waals surface area contributed by atoms with Crippen molar-refractivity contribution in [3.8, 4) is 5.75 Å². The van der Waals surface area contributed by atoms with Gasteiger partial charge in [0.05, 0.1) is 13.2 Å². The van der Waals surface area contributed by atoms with Gasteiger partial charge in [-0.3, -0.25) is 0 Å². The number of benzene rings is 2. The minimum atomic E-state index is -0.458. The van der Waals surface area contributed by atoms with Gasteiger partial charge in [0.2, 0.25) is 0 Å². The summed E-state index contributed by atoms with van der Waals surface area (Å²) in [7, 11) is 0. The number of rotatable bonds is 9. The van der Waals surface area contributed by atoms with Crippen molar-refractivity contribution >= 4 is 22.4 Å². The van der Waals surface area contributed by atoms with Crippen LogP contribution in [0.5, 0.6) is 5.75 Å². The van der Waals surface area contributed by atoms with Gasteiger partial charge in [-0.05, 0) is 29.8 Å². The molecular formula is C20H19FN2O3S. The van der Waals surface area contributed by atoms with E-state index in [4.69, 9.17) is 9.47 Å². The Labute approximate surface area is 160 Å². The zero-order valence-electron chi connectivity index (χ0n) is 14.6. The first kappa shape index (κ1) is 18.8. The SMILES string of the molecule is O=C(OCCCOc1ccc(F)cc1)c1csc(NCc2ccccc2)n1. The van der Waals surface area contributed by atoms with Crippen LogP contribution in [0.4, 0.5) is 9.52 Å². The summed E-state index contributed by atoms with van der Waals surface area (Å²) < 4.78 is 23.4. The Hall–Kier alpha value is -2.93. The first-order valence-electron chi connectivity index (χ1n) is 8.49. The lowest BCUT2D eigenvalue weighted by Gasteiger charge is -2.06. The van der Waals surface area contributed by atoms with Crippen LogP contribution in [0.25, 0.3) is 0 Å². The van der Waals surface area contributed by atoms with E-state index in [1.807, 2.05) is 30.3 Å². The fourth-order valence-corrected chi connectivity index (χ4v) is 2.92. The minimum absolute atomic E-state index is 0.227. The fraction of sp³-hybridized carbons (Fsp3) is 0.200. The summed E-state index contributed by atoms with van der Waals surface area (Å²) >= 11 is 1.36. The monoisotopic (exact) mass is 386 g/mol. The summed E-state index contributed by atoms with van der Waals surface area (Å²) in [6.45, 7) is 1.24. The molecule has 0 bridgehead atoms. The summed E-state index contributed by atoms with van der Waals surface area (Å²) in [5, 5.41) is 5.53. The van der Waals surface area contributed by atoms with Crippen molar-refractivity contribution in [1.29, 1.82) is 0 Å². The molecule has 27 heavy (non-hydrogen) atoms. The van der Waals surface area contributed by atoms with Gasteiger partial charge in [0, 0.05) is 18.3 Å². The molecule has 7 heteroatoms. The Balaban J connectivity index is 1.36. The Kier molecular flexibility index (Phi) is 6.76. The van der Waals surface area contributed by atoms with Gasteiger partial charge in [-0.1, -0.05) is 30.3 Å². The van der Waals surface area contributed by atoms with Crippen molar-refractivity contribution in [1.82, 2.24) is 4.98 Å². The molecule has 0 spiro atoms. The van der Waals surface area contributed by atoms with Crippen molar-refractivity contribution in [3.05, 3.63) is 77.1 Å². The van der Waals surface area contributed by atoms with E-state index < -0.39 is 5.97 Å². The molecular weight excluding hydrogens is 367 g/mol. The highest BCUT2D eigenvalue weighted by Gasteiger charge is 2.12. The van der Waals surface area contributed by atoms with E-state index in [2.05, 4.69) is 10.3 Å². The first-order valence-corrected chi connectivity index (χ1v) is 9.37. The van der Waals surface area contributed by atoms with Crippen molar-refractivity contribution in [3.63, 3.8) is 0 Å². The number of carbonyl (C=O) groups is 1. The van der Waals surface area contributed by atoms with Gasteiger partial charge in [-0.15, -0.1) is 11.3 Å². The molecule has 5 nitrogen and oxygen atoms in total. The average Bonchev–Trinajstić information content (AvgIpc) is 3.17.